The average Bonchev–Trinajstić information content (AvgIpc) is 2.26. The second-order valence-corrected chi connectivity index (χ2v) is 6.32. The van der Waals surface area contributed by atoms with Crippen LogP contribution in [0.5, 0.6) is 0 Å². The molecule has 0 radical (unpaired) electrons. The molecule has 4 heteroatoms. The van der Waals surface area contributed by atoms with Gasteiger partial charge in [0, 0.05) is 24.8 Å². The highest BCUT2D eigenvalue weighted by Gasteiger charge is 2.11. The molecule has 3 nitrogen and oxygen atoms in total. The van der Waals surface area contributed by atoms with Crippen LogP contribution in [0.15, 0.2) is 12.1 Å². The van der Waals surface area contributed by atoms with Crippen molar-refractivity contribution in [1.29, 1.82) is 0 Å². The van der Waals surface area contributed by atoms with Crippen molar-refractivity contribution in [2.45, 2.75) is 40.5 Å². The Hall–Kier alpha value is -0.960. The summed E-state index contributed by atoms with van der Waals surface area (Å²) in [5.74, 6) is 2.25. The normalized spacial score (nSPS) is 11.3. The Kier molecular flexibility index (Phi) is 6.43. The van der Waals surface area contributed by atoms with Crippen LogP contribution < -0.4 is 10.6 Å². The Morgan fingerprint density at radius 3 is 2.05 bits per heavy atom. The van der Waals surface area contributed by atoms with E-state index < -0.39 is 0 Å². The molecule has 1 aromatic heterocycles. The SMILES string of the molecule is CC(C)CCN(CCC(C)C)c1cc(N)cc(Cl)n1. The third kappa shape index (κ3) is 6.15. The fourth-order valence-electron chi connectivity index (χ4n) is 1.83. The highest BCUT2D eigenvalue weighted by atomic mass is 35.5. The predicted octanol–water partition coefficient (Wildman–Crippen LogP) is 4.22. The number of aromatic nitrogens is 1. The van der Waals surface area contributed by atoms with Gasteiger partial charge in [-0.15, -0.1) is 0 Å². The van der Waals surface area contributed by atoms with Crippen molar-refractivity contribution in [1.82, 2.24) is 4.98 Å². The van der Waals surface area contributed by atoms with Crippen molar-refractivity contribution in [3.63, 3.8) is 0 Å². The lowest BCUT2D eigenvalue weighted by atomic mass is 10.1. The van der Waals surface area contributed by atoms with Gasteiger partial charge in [0.1, 0.15) is 11.0 Å². The first-order valence-corrected chi connectivity index (χ1v) is 7.44. The lowest BCUT2D eigenvalue weighted by molar-refractivity contribution is 0.533. The summed E-state index contributed by atoms with van der Waals surface area (Å²) >= 11 is 6.00. The van der Waals surface area contributed by atoms with Gasteiger partial charge in [0.05, 0.1) is 0 Å². The first-order valence-electron chi connectivity index (χ1n) is 7.06. The van der Waals surface area contributed by atoms with Crippen LogP contribution in [0, 0.1) is 11.8 Å². The van der Waals surface area contributed by atoms with Gasteiger partial charge in [-0.1, -0.05) is 39.3 Å². The molecule has 0 saturated carbocycles. The molecule has 2 N–H and O–H groups in total. The van der Waals surface area contributed by atoms with Gasteiger partial charge in [-0.05, 0) is 30.7 Å². The summed E-state index contributed by atoms with van der Waals surface area (Å²) in [5.41, 5.74) is 6.53. The number of nitrogens with zero attached hydrogens (tertiary/aromatic N) is 2. The number of nitrogens with two attached hydrogens (primary N) is 1. The number of hydrogen-bond acceptors (Lipinski definition) is 3. The Morgan fingerprint density at radius 1 is 1.11 bits per heavy atom. The molecule has 1 aromatic rings. The van der Waals surface area contributed by atoms with Crippen LogP contribution in [-0.2, 0) is 0 Å². The summed E-state index contributed by atoms with van der Waals surface area (Å²) in [6.07, 6.45) is 2.29. The van der Waals surface area contributed by atoms with Crippen LogP contribution in [0.4, 0.5) is 11.5 Å². The zero-order valence-corrected chi connectivity index (χ0v) is 13.2. The maximum Gasteiger partial charge on any atom is 0.133 e. The van der Waals surface area contributed by atoms with Gasteiger partial charge in [0.2, 0.25) is 0 Å². The largest absolute Gasteiger partial charge is 0.399 e. The Labute approximate surface area is 122 Å². The zero-order chi connectivity index (χ0) is 14.4. The van der Waals surface area contributed by atoms with Gasteiger partial charge in [0.15, 0.2) is 0 Å². The van der Waals surface area contributed by atoms with Gasteiger partial charge in [-0.3, -0.25) is 0 Å². The van der Waals surface area contributed by atoms with Crippen molar-refractivity contribution in [3.05, 3.63) is 17.3 Å². The van der Waals surface area contributed by atoms with E-state index in [4.69, 9.17) is 17.3 Å². The van der Waals surface area contributed by atoms with E-state index in [1.165, 1.54) is 0 Å². The first-order chi connectivity index (χ1) is 8.88. The molecular weight excluding hydrogens is 258 g/mol. The Bertz CT molecular complexity index is 359. The van der Waals surface area contributed by atoms with Crippen LogP contribution in [0.3, 0.4) is 0 Å². The van der Waals surface area contributed by atoms with Crippen molar-refractivity contribution in [2.75, 3.05) is 23.7 Å². The van der Waals surface area contributed by atoms with Crippen molar-refractivity contribution in [3.8, 4) is 0 Å². The van der Waals surface area contributed by atoms with E-state index in [1.807, 2.05) is 6.07 Å². The molecule has 0 atom stereocenters. The molecule has 0 aliphatic carbocycles. The smallest absolute Gasteiger partial charge is 0.133 e. The number of halogens is 1. The minimum absolute atomic E-state index is 0.467. The van der Waals surface area contributed by atoms with Gasteiger partial charge in [0.25, 0.3) is 0 Å². The topological polar surface area (TPSA) is 42.1 Å². The Balaban J connectivity index is 2.80. The second kappa shape index (κ2) is 7.59. The van der Waals surface area contributed by atoms with E-state index in [0.717, 1.165) is 31.7 Å². The highest BCUT2D eigenvalue weighted by Crippen LogP contribution is 2.21. The van der Waals surface area contributed by atoms with E-state index in [0.29, 0.717) is 22.7 Å². The molecule has 0 aliphatic heterocycles. The lowest BCUT2D eigenvalue weighted by Crippen LogP contribution is -2.28. The number of rotatable bonds is 7. The van der Waals surface area contributed by atoms with Gasteiger partial charge >= 0.3 is 0 Å². The molecule has 0 saturated heterocycles. The molecule has 0 bridgehead atoms. The molecule has 0 fully saturated rings. The quantitative estimate of drug-likeness (QED) is 0.762. The van der Waals surface area contributed by atoms with Gasteiger partial charge in [-0.2, -0.15) is 0 Å². The number of pyridine rings is 1. The molecule has 1 heterocycles. The maximum atomic E-state index is 6.00. The summed E-state index contributed by atoms with van der Waals surface area (Å²) in [5, 5.41) is 0.467. The van der Waals surface area contributed by atoms with E-state index in [2.05, 4.69) is 37.6 Å². The molecular formula is C15H26ClN3. The molecule has 0 aliphatic rings. The van der Waals surface area contributed by atoms with Crippen LogP contribution >= 0.6 is 11.6 Å². The van der Waals surface area contributed by atoms with Crippen LogP contribution in [-0.4, -0.2) is 18.1 Å². The molecule has 1 rings (SSSR count). The summed E-state index contributed by atoms with van der Waals surface area (Å²) in [4.78, 5) is 6.70. The molecule has 0 spiro atoms. The van der Waals surface area contributed by atoms with Crippen LogP contribution in [0.1, 0.15) is 40.5 Å². The fraction of sp³-hybridized carbons (Fsp3) is 0.667. The highest BCUT2D eigenvalue weighted by molar-refractivity contribution is 6.29. The van der Waals surface area contributed by atoms with Crippen LogP contribution in [0.2, 0.25) is 5.15 Å². The Morgan fingerprint density at radius 2 is 1.63 bits per heavy atom. The third-order valence-electron chi connectivity index (χ3n) is 3.08. The van der Waals surface area contributed by atoms with Gasteiger partial charge in [-0.25, -0.2) is 4.98 Å². The minimum atomic E-state index is 0.467. The lowest BCUT2D eigenvalue weighted by Gasteiger charge is -2.26. The number of nitrogen functional groups attached to an aromatic ring is 1. The molecule has 0 aromatic carbocycles. The van der Waals surface area contributed by atoms with Crippen LogP contribution in [0.25, 0.3) is 0 Å². The second-order valence-electron chi connectivity index (χ2n) is 5.93. The first kappa shape index (κ1) is 16.1. The van der Waals surface area contributed by atoms with E-state index in [9.17, 15) is 0 Å². The standard InChI is InChI=1S/C15H26ClN3/c1-11(2)5-7-19(8-6-12(3)4)15-10-13(17)9-14(16)18-15/h9-12H,5-8H2,1-4H3,(H2,17,18). The van der Waals surface area contributed by atoms with E-state index in [1.54, 1.807) is 6.07 Å². The molecule has 0 amide bonds. The summed E-state index contributed by atoms with van der Waals surface area (Å²) in [6, 6.07) is 3.60. The maximum absolute atomic E-state index is 6.00. The zero-order valence-electron chi connectivity index (χ0n) is 12.5. The van der Waals surface area contributed by atoms with E-state index >= 15 is 0 Å². The average molecular weight is 284 g/mol. The number of hydrogen-bond donors (Lipinski definition) is 1. The molecule has 19 heavy (non-hydrogen) atoms. The molecule has 0 unspecified atom stereocenters. The minimum Gasteiger partial charge on any atom is -0.399 e. The van der Waals surface area contributed by atoms with Gasteiger partial charge < -0.3 is 10.6 Å². The van der Waals surface area contributed by atoms with Crippen molar-refractivity contribution >= 4 is 23.1 Å². The summed E-state index contributed by atoms with van der Waals surface area (Å²) in [7, 11) is 0. The third-order valence-corrected chi connectivity index (χ3v) is 3.27. The van der Waals surface area contributed by atoms with Crippen molar-refractivity contribution in [2.24, 2.45) is 11.8 Å². The fourth-order valence-corrected chi connectivity index (χ4v) is 2.05. The summed E-state index contributed by atoms with van der Waals surface area (Å²) < 4.78 is 0. The summed E-state index contributed by atoms with van der Waals surface area (Å²) in [6.45, 7) is 10.9. The number of anilines is 2. The predicted molar refractivity (Wildman–Crippen MR) is 84.8 cm³/mol. The van der Waals surface area contributed by atoms with E-state index in [-0.39, 0.29) is 0 Å². The molecule has 108 valence electrons. The van der Waals surface area contributed by atoms with Crippen molar-refractivity contribution < 1.29 is 0 Å². The monoisotopic (exact) mass is 283 g/mol.